The largest absolute Gasteiger partial charge is 0.493 e. The summed E-state index contributed by atoms with van der Waals surface area (Å²) in [5.41, 5.74) is 1.86. The topological polar surface area (TPSA) is 35.5 Å². The monoisotopic (exact) mass is 220 g/mol. The molecule has 0 spiro atoms. The summed E-state index contributed by atoms with van der Waals surface area (Å²) < 4.78 is 10.4. The second kappa shape index (κ2) is 4.16. The fourth-order valence-corrected chi connectivity index (χ4v) is 2.13. The molecule has 86 valence electrons. The maximum absolute atomic E-state index is 12.0. The summed E-state index contributed by atoms with van der Waals surface area (Å²) in [7, 11) is 3.19. The van der Waals surface area contributed by atoms with Gasteiger partial charge in [-0.25, -0.2) is 0 Å². The predicted molar refractivity (Wildman–Crippen MR) is 61.4 cm³/mol. The Balaban J connectivity index is 2.52. The summed E-state index contributed by atoms with van der Waals surface area (Å²) in [6, 6.07) is 3.71. The molecule has 1 atom stereocenters. The van der Waals surface area contributed by atoms with Crippen LogP contribution in [-0.4, -0.2) is 20.0 Å². The molecule has 0 saturated heterocycles. The molecule has 0 radical (unpaired) electrons. The van der Waals surface area contributed by atoms with Crippen molar-refractivity contribution in [3.8, 4) is 11.5 Å². The molecule has 0 heterocycles. The van der Waals surface area contributed by atoms with Crippen LogP contribution in [0.5, 0.6) is 11.5 Å². The van der Waals surface area contributed by atoms with Crippen LogP contribution in [0.2, 0.25) is 0 Å². The summed E-state index contributed by atoms with van der Waals surface area (Å²) in [6.07, 6.45) is 1.85. The highest BCUT2D eigenvalue weighted by Gasteiger charge is 2.25. The number of carbonyl (C=O) groups excluding carboxylic acids is 1. The molecule has 3 heteroatoms. The molecular formula is C13H16O3. The van der Waals surface area contributed by atoms with Gasteiger partial charge in [0.25, 0.3) is 0 Å². The third-order valence-corrected chi connectivity index (χ3v) is 3.17. The smallest absolute Gasteiger partial charge is 0.166 e. The van der Waals surface area contributed by atoms with Crippen molar-refractivity contribution in [2.45, 2.75) is 19.8 Å². The highest BCUT2D eigenvalue weighted by atomic mass is 16.5. The first kappa shape index (κ1) is 11.0. The van der Waals surface area contributed by atoms with Gasteiger partial charge in [-0.1, -0.05) is 6.92 Å². The van der Waals surface area contributed by atoms with Crippen LogP contribution in [0.4, 0.5) is 0 Å². The Kier molecular flexibility index (Phi) is 2.86. The second-order valence-electron chi connectivity index (χ2n) is 4.17. The Morgan fingerprint density at radius 1 is 1.19 bits per heavy atom. The van der Waals surface area contributed by atoms with Crippen LogP contribution in [0, 0.1) is 5.92 Å². The van der Waals surface area contributed by atoms with Crippen molar-refractivity contribution in [1.82, 2.24) is 0 Å². The van der Waals surface area contributed by atoms with Crippen LogP contribution < -0.4 is 9.47 Å². The van der Waals surface area contributed by atoms with E-state index in [0.717, 1.165) is 24.0 Å². The van der Waals surface area contributed by atoms with Crippen LogP contribution in [0.25, 0.3) is 0 Å². The van der Waals surface area contributed by atoms with E-state index in [0.29, 0.717) is 11.5 Å². The van der Waals surface area contributed by atoms with Crippen molar-refractivity contribution >= 4 is 5.78 Å². The molecule has 0 bridgehead atoms. The van der Waals surface area contributed by atoms with Gasteiger partial charge in [-0.3, -0.25) is 4.79 Å². The van der Waals surface area contributed by atoms with E-state index >= 15 is 0 Å². The van der Waals surface area contributed by atoms with E-state index in [1.165, 1.54) is 0 Å². The second-order valence-corrected chi connectivity index (χ2v) is 4.17. The maximum Gasteiger partial charge on any atom is 0.166 e. The lowest BCUT2D eigenvalue weighted by molar-refractivity contribution is 0.0913. The van der Waals surface area contributed by atoms with Gasteiger partial charge in [0.2, 0.25) is 0 Å². The molecule has 16 heavy (non-hydrogen) atoms. The van der Waals surface area contributed by atoms with Crippen molar-refractivity contribution in [3.05, 3.63) is 23.3 Å². The molecule has 0 fully saturated rings. The van der Waals surface area contributed by atoms with E-state index in [2.05, 4.69) is 0 Å². The number of aryl methyl sites for hydroxylation is 1. The van der Waals surface area contributed by atoms with Crippen molar-refractivity contribution in [2.75, 3.05) is 14.2 Å². The van der Waals surface area contributed by atoms with Gasteiger partial charge in [0.05, 0.1) is 14.2 Å². The molecule has 0 aliphatic heterocycles. The van der Waals surface area contributed by atoms with E-state index in [1.807, 2.05) is 13.0 Å². The van der Waals surface area contributed by atoms with Gasteiger partial charge in [0.1, 0.15) is 0 Å². The molecule has 2 rings (SSSR count). The van der Waals surface area contributed by atoms with Crippen molar-refractivity contribution in [3.63, 3.8) is 0 Å². The minimum absolute atomic E-state index is 0.116. The zero-order valence-corrected chi connectivity index (χ0v) is 9.87. The SMILES string of the molecule is COc1cc2c(cc1OC)C(=O)[C@H](C)CC2. The molecule has 1 aromatic carbocycles. The Hall–Kier alpha value is -1.51. The number of rotatable bonds is 2. The molecule has 0 saturated carbocycles. The number of carbonyl (C=O) groups is 1. The van der Waals surface area contributed by atoms with Crippen LogP contribution in [0.3, 0.4) is 0 Å². The fourth-order valence-electron chi connectivity index (χ4n) is 2.13. The van der Waals surface area contributed by atoms with Gasteiger partial charge < -0.3 is 9.47 Å². The van der Waals surface area contributed by atoms with Crippen molar-refractivity contribution < 1.29 is 14.3 Å². The summed E-state index contributed by atoms with van der Waals surface area (Å²) in [5.74, 6) is 1.65. The van der Waals surface area contributed by atoms with Gasteiger partial charge >= 0.3 is 0 Å². The lowest BCUT2D eigenvalue weighted by Gasteiger charge is -2.21. The number of ether oxygens (including phenoxy) is 2. The van der Waals surface area contributed by atoms with E-state index in [4.69, 9.17) is 9.47 Å². The van der Waals surface area contributed by atoms with Crippen LogP contribution in [0.1, 0.15) is 29.3 Å². The lowest BCUT2D eigenvalue weighted by Crippen LogP contribution is -2.20. The molecule has 0 aromatic heterocycles. The molecule has 1 aliphatic carbocycles. The average molecular weight is 220 g/mol. The summed E-state index contributed by atoms with van der Waals surface area (Å²) in [6.45, 7) is 1.97. The van der Waals surface area contributed by atoms with Gasteiger partial charge in [-0.2, -0.15) is 0 Å². The van der Waals surface area contributed by atoms with Crippen LogP contribution >= 0.6 is 0 Å². The molecule has 0 N–H and O–H groups in total. The molecule has 0 unspecified atom stereocenters. The van der Waals surface area contributed by atoms with E-state index in [-0.39, 0.29) is 11.7 Å². The number of Topliss-reactive ketones (excluding diaryl/α,β-unsaturated/α-hetero) is 1. The molecule has 3 nitrogen and oxygen atoms in total. The minimum atomic E-state index is 0.116. The highest BCUT2D eigenvalue weighted by Crippen LogP contribution is 2.35. The van der Waals surface area contributed by atoms with E-state index < -0.39 is 0 Å². The molecular weight excluding hydrogens is 204 g/mol. The van der Waals surface area contributed by atoms with E-state index in [9.17, 15) is 4.79 Å². The quantitative estimate of drug-likeness (QED) is 0.768. The lowest BCUT2D eigenvalue weighted by atomic mass is 9.83. The molecule has 1 aromatic rings. The van der Waals surface area contributed by atoms with Gasteiger partial charge in [0.15, 0.2) is 17.3 Å². The predicted octanol–water partition coefficient (Wildman–Crippen LogP) is 2.47. The van der Waals surface area contributed by atoms with Gasteiger partial charge in [0, 0.05) is 11.5 Å². The Morgan fingerprint density at radius 2 is 1.81 bits per heavy atom. The van der Waals surface area contributed by atoms with Crippen molar-refractivity contribution in [2.24, 2.45) is 5.92 Å². The first-order valence-corrected chi connectivity index (χ1v) is 5.46. The highest BCUT2D eigenvalue weighted by molar-refractivity contribution is 6.00. The first-order chi connectivity index (χ1) is 7.67. The standard InChI is InChI=1S/C13H16O3/c1-8-4-5-9-6-11(15-2)12(16-3)7-10(9)13(8)14/h6-8H,4-5H2,1-3H3/t8-/m1/s1. The minimum Gasteiger partial charge on any atom is -0.493 e. The number of hydrogen-bond donors (Lipinski definition) is 0. The zero-order valence-electron chi connectivity index (χ0n) is 9.87. The molecule has 0 amide bonds. The Labute approximate surface area is 95.4 Å². The van der Waals surface area contributed by atoms with E-state index in [1.54, 1.807) is 20.3 Å². The Bertz CT molecular complexity index is 423. The number of benzene rings is 1. The molecule has 1 aliphatic rings. The fraction of sp³-hybridized carbons (Fsp3) is 0.462. The van der Waals surface area contributed by atoms with Crippen LogP contribution in [-0.2, 0) is 6.42 Å². The third-order valence-electron chi connectivity index (χ3n) is 3.17. The van der Waals surface area contributed by atoms with Gasteiger partial charge in [-0.15, -0.1) is 0 Å². The van der Waals surface area contributed by atoms with Crippen LogP contribution in [0.15, 0.2) is 12.1 Å². The third kappa shape index (κ3) is 1.66. The first-order valence-electron chi connectivity index (χ1n) is 5.46. The van der Waals surface area contributed by atoms with Gasteiger partial charge in [-0.05, 0) is 30.5 Å². The summed E-state index contributed by atoms with van der Waals surface area (Å²) >= 11 is 0. The number of hydrogen-bond acceptors (Lipinski definition) is 3. The number of ketones is 1. The normalized spacial score (nSPS) is 19.2. The average Bonchev–Trinajstić information content (AvgIpc) is 2.32. The number of methoxy groups -OCH3 is 2. The maximum atomic E-state index is 12.0. The number of fused-ring (bicyclic) bond motifs is 1. The Morgan fingerprint density at radius 3 is 2.44 bits per heavy atom. The van der Waals surface area contributed by atoms with Crippen molar-refractivity contribution in [1.29, 1.82) is 0 Å². The summed E-state index contributed by atoms with van der Waals surface area (Å²) in [5, 5.41) is 0. The summed E-state index contributed by atoms with van der Waals surface area (Å²) in [4.78, 5) is 12.0. The zero-order chi connectivity index (χ0) is 11.7.